The number of quaternary nitrogens is 1. The lowest BCUT2D eigenvalue weighted by molar-refractivity contribution is -0.870. The van der Waals surface area contributed by atoms with Gasteiger partial charge < -0.3 is 28.5 Å². The van der Waals surface area contributed by atoms with Gasteiger partial charge in [-0.15, -0.1) is 0 Å². The average Bonchev–Trinajstić information content (AvgIpc) is 3.46. The van der Waals surface area contributed by atoms with Crippen molar-refractivity contribution in [3.05, 3.63) is 48.6 Å². The summed E-state index contributed by atoms with van der Waals surface area (Å²) >= 11 is 0. The normalized spacial score (nSPS) is 13.8. The van der Waals surface area contributed by atoms with E-state index in [1.165, 1.54) is 257 Å². The van der Waals surface area contributed by atoms with E-state index < -0.39 is 20.0 Å². The molecule has 0 spiro atoms. The molecular formula is C73H139N2O7P. The molecule has 0 saturated heterocycles. The lowest BCUT2D eigenvalue weighted by atomic mass is 10.0. The number of carbonyl (C=O) groups is 2. The number of rotatable bonds is 66. The zero-order valence-electron chi connectivity index (χ0n) is 55.9. The molecule has 0 bridgehead atoms. The molecule has 83 heavy (non-hydrogen) atoms. The maximum absolute atomic E-state index is 13.6. The van der Waals surface area contributed by atoms with E-state index in [2.05, 4.69) is 62.5 Å². The van der Waals surface area contributed by atoms with Gasteiger partial charge in [-0.05, 0) is 89.5 Å². The van der Waals surface area contributed by atoms with Gasteiger partial charge in [0.15, 0.2) is 0 Å². The number of amides is 1. The number of phosphoric acid groups is 1. The molecule has 0 fully saturated rings. The second kappa shape index (κ2) is 63.0. The highest BCUT2D eigenvalue weighted by Crippen LogP contribution is 2.38. The number of esters is 1. The molecule has 10 heteroatoms. The molecule has 0 aliphatic heterocycles. The first-order valence-corrected chi connectivity index (χ1v) is 37.4. The number of hydrogen-bond acceptors (Lipinski definition) is 7. The molecule has 0 aromatic carbocycles. The van der Waals surface area contributed by atoms with E-state index >= 15 is 0 Å². The standard InChI is InChI=1S/C73H139N2O7P/c1-7-10-13-16-19-22-25-28-30-32-34-35-36-37-38-39-41-42-44-47-50-53-56-59-62-65-72(76)74-70(69-81-83(78,79)80-68-67-75(4,5)6)71(64-61-58-55-52-49-46-27-24-21-18-15-12-9-3)82-73(77)66-63-60-57-54-51-48-45-43-40-33-31-29-26-23-20-17-14-11-8-2/h19,22,28-31,61,64,70-71H,7-18,20-21,23-27,32-60,62-63,65-69H2,1-6H3,(H-,74,76,78,79)/b22-19-,30-28-,31-29+,64-61-. The Morgan fingerprint density at radius 1 is 0.422 bits per heavy atom. The fourth-order valence-electron chi connectivity index (χ4n) is 10.7. The Kier molecular flexibility index (Phi) is 61.5. The SMILES string of the molecule is CCCCC/C=C\C/C=C\CCCCCCCCCCCCCCCCCC(=O)NC(COP(=O)([O-])OCC[N+](C)(C)C)C(/C=C\CCCCCCCCCCCCC)OC(=O)CCCCCCCCCCC/C=C/CCCCCCCC. The number of nitrogens with one attached hydrogen (secondary N) is 1. The molecule has 0 aromatic heterocycles. The van der Waals surface area contributed by atoms with Crippen molar-refractivity contribution in [2.75, 3.05) is 40.9 Å². The van der Waals surface area contributed by atoms with Crippen molar-refractivity contribution in [3.8, 4) is 0 Å². The van der Waals surface area contributed by atoms with Gasteiger partial charge in [0.2, 0.25) is 5.91 Å². The van der Waals surface area contributed by atoms with Crippen LogP contribution in [0.5, 0.6) is 0 Å². The molecule has 0 heterocycles. The van der Waals surface area contributed by atoms with Crippen LogP contribution < -0.4 is 10.2 Å². The summed E-state index contributed by atoms with van der Waals surface area (Å²) in [6.45, 7) is 6.87. The van der Waals surface area contributed by atoms with E-state index in [-0.39, 0.29) is 31.5 Å². The molecule has 3 atom stereocenters. The van der Waals surface area contributed by atoms with Crippen molar-refractivity contribution in [1.29, 1.82) is 0 Å². The zero-order chi connectivity index (χ0) is 60.7. The summed E-state index contributed by atoms with van der Waals surface area (Å²) in [4.78, 5) is 40.2. The van der Waals surface area contributed by atoms with Crippen molar-refractivity contribution >= 4 is 19.7 Å². The second-order valence-corrected chi connectivity index (χ2v) is 27.1. The first-order chi connectivity index (χ1) is 40.4. The quantitative estimate of drug-likeness (QED) is 0.0212. The monoisotopic (exact) mass is 1190 g/mol. The smallest absolute Gasteiger partial charge is 0.306 e. The summed E-state index contributed by atoms with van der Waals surface area (Å²) < 4.78 is 30.5. The van der Waals surface area contributed by atoms with Gasteiger partial charge in [-0.2, -0.15) is 0 Å². The van der Waals surface area contributed by atoms with Gasteiger partial charge in [0, 0.05) is 12.8 Å². The number of likely N-dealkylation sites (N-methyl/N-ethyl adjacent to an activating group) is 1. The predicted molar refractivity (Wildman–Crippen MR) is 358 cm³/mol. The van der Waals surface area contributed by atoms with Crippen LogP contribution in [0.4, 0.5) is 0 Å². The van der Waals surface area contributed by atoms with Crippen molar-refractivity contribution in [2.45, 2.75) is 367 Å². The molecule has 0 aliphatic rings. The molecule has 0 radical (unpaired) electrons. The van der Waals surface area contributed by atoms with Crippen molar-refractivity contribution in [1.82, 2.24) is 5.32 Å². The highest BCUT2D eigenvalue weighted by atomic mass is 31.2. The molecule has 0 aromatic rings. The first kappa shape index (κ1) is 81.0. The Bertz CT molecular complexity index is 1560. The summed E-state index contributed by atoms with van der Waals surface area (Å²) in [6.07, 6.45) is 79.4. The molecule has 3 unspecified atom stereocenters. The van der Waals surface area contributed by atoms with Gasteiger partial charge >= 0.3 is 5.97 Å². The number of nitrogens with zero attached hydrogens (tertiary/aromatic N) is 1. The fourth-order valence-corrected chi connectivity index (χ4v) is 11.4. The number of allylic oxidation sites excluding steroid dienone is 7. The van der Waals surface area contributed by atoms with Crippen LogP contribution in [0, 0.1) is 0 Å². The summed E-state index contributed by atoms with van der Waals surface area (Å²) in [6, 6.07) is -0.888. The number of hydrogen-bond donors (Lipinski definition) is 1. The molecule has 1 amide bonds. The lowest BCUT2D eigenvalue weighted by Gasteiger charge is -2.30. The Hall–Kier alpha value is -2.03. The van der Waals surface area contributed by atoms with Gasteiger partial charge in [-0.25, -0.2) is 0 Å². The Morgan fingerprint density at radius 2 is 0.735 bits per heavy atom. The van der Waals surface area contributed by atoms with Gasteiger partial charge in [0.05, 0.1) is 33.8 Å². The van der Waals surface area contributed by atoms with Crippen LogP contribution in [-0.4, -0.2) is 69.4 Å². The van der Waals surface area contributed by atoms with Crippen LogP contribution in [0.15, 0.2) is 48.6 Å². The van der Waals surface area contributed by atoms with E-state index in [0.717, 1.165) is 64.2 Å². The number of unbranched alkanes of at least 4 members (excludes halogenated alkanes) is 44. The third kappa shape index (κ3) is 64.3. The van der Waals surface area contributed by atoms with E-state index in [1.54, 1.807) is 0 Å². The van der Waals surface area contributed by atoms with E-state index in [0.29, 0.717) is 17.4 Å². The van der Waals surface area contributed by atoms with Crippen LogP contribution in [0.1, 0.15) is 355 Å². The fraction of sp³-hybridized carbons (Fsp3) is 0.863. The third-order valence-corrected chi connectivity index (χ3v) is 17.2. The predicted octanol–water partition coefficient (Wildman–Crippen LogP) is 22.2. The van der Waals surface area contributed by atoms with Crippen molar-refractivity contribution in [3.63, 3.8) is 0 Å². The molecule has 0 saturated carbocycles. The number of phosphoric ester groups is 1. The summed E-state index contributed by atoms with van der Waals surface area (Å²) in [5.41, 5.74) is 0. The maximum atomic E-state index is 13.6. The number of carbonyl (C=O) groups excluding carboxylic acids is 2. The van der Waals surface area contributed by atoms with E-state index in [9.17, 15) is 19.0 Å². The molecule has 9 nitrogen and oxygen atoms in total. The summed E-state index contributed by atoms with van der Waals surface area (Å²) in [5, 5.41) is 3.05. The molecule has 488 valence electrons. The maximum Gasteiger partial charge on any atom is 0.306 e. The highest BCUT2D eigenvalue weighted by molar-refractivity contribution is 7.45. The van der Waals surface area contributed by atoms with Gasteiger partial charge in [-0.3, -0.25) is 14.2 Å². The zero-order valence-corrected chi connectivity index (χ0v) is 56.8. The van der Waals surface area contributed by atoms with Crippen LogP contribution in [0.25, 0.3) is 0 Å². The molecule has 1 N–H and O–H groups in total. The number of ether oxygens (including phenoxy) is 1. The van der Waals surface area contributed by atoms with Crippen LogP contribution in [-0.2, 0) is 27.9 Å². The minimum absolute atomic E-state index is 0.0210. The highest BCUT2D eigenvalue weighted by Gasteiger charge is 2.27. The largest absolute Gasteiger partial charge is 0.756 e. The average molecular weight is 1190 g/mol. The minimum atomic E-state index is -4.70. The first-order valence-electron chi connectivity index (χ1n) is 35.9. The van der Waals surface area contributed by atoms with E-state index in [4.69, 9.17) is 13.8 Å². The van der Waals surface area contributed by atoms with E-state index in [1.807, 2.05) is 33.3 Å². The van der Waals surface area contributed by atoms with Crippen LogP contribution in [0.2, 0.25) is 0 Å². The van der Waals surface area contributed by atoms with Gasteiger partial charge in [-0.1, -0.05) is 301 Å². The third-order valence-electron chi connectivity index (χ3n) is 16.2. The molecule has 0 rings (SSSR count). The van der Waals surface area contributed by atoms with Crippen LogP contribution >= 0.6 is 7.82 Å². The molecule has 0 aliphatic carbocycles. The Morgan fingerprint density at radius 3 is 1.12 bits per heavy atom. The summed E-state index contributed by atoms with van der Waals surface area (Å²) in [7, 11) is 1.20. The van der Waals surface area contributed by atoms with Crippen LogP contribution in [0.3, 0.4) is 0 Å². The topological polar surface area (TPSA) is 114 Å². The second-order valence-electron chi connectivity index (χ2n) is 25.7. The lowest BCUT2D eigenvalue weighted by Crippen LogP contribution is -2.47. The summed E-state index contributed by atoms with van der Waals surface area (Å²) in [5.74, 6) is -0.527. The van der Waals surface area contributed by atoms with Gasteiger partial charge in [0.1, 0.15) is 19.3 Å². The Balaban J connectivity index is 5.06. The van der Waals surface area contributed by atoms with Gasteiger partial charge in [0.25, 0.3) is 7.82 Å². The van der Waals surface area contributed by atoms with Crippen molar-refractivity contribution in [2.24, 2.45) is 0 Å². The molecular weight excluding hydrogens is 1050 g/mol. The van der Waals surface area contributed by atoms with Crippen molar-refractivity contribution < 1.29 is 37.3 Å². The Labute approximate surface area is 516 Å². The minimum Gasteiger partial charge on any atom is -0.756 e.